The van der Waals surface area contributed by atoms with Gasteiger partial charge in [0.05, 0.1) is 23.5 Å². The van der Waals surface area contributed by atoms with E-state index < -0.39 is 29.1 Å². The van der Waals surface area contributed by atoms with Crippen LogP contribution in [-0.2, 0) is 18.6 Å². The Hall–Kier alpha value is -4.09. The van der Waals surface area contributed by atoms with Crippen LogP contribution in [0.5, 0.6) is 0 Å². The monoisotopic (exact) mass is 491 g/mol. The maximum Gasteiger partial charge on any atom is 0.416 e. The van der Waals surface area contributed by atoms with Crippen molar-refractivity contribution in [3.8, 4) is 11.5 Å². The van der Waals surface area contributed by atoms with Gasteiger partial charge in [0.25, 0.3) is 11.8 Å². The number of hydrogen-bond donors (Lipinski definition) is 1. The molecule has 0 aliphatic carbocycles. The molecular formula is C23H18F5N5O2. The lowest BCUT2D eigenvalue weighted by Gasteiger charge is -2.17. The Morgan fingerprint density at radius 3 is 2.54 bits per heavy atom. The summed E-state index contributed by atoms with van der Waals surface area (Å²) >= 11 is 0. The fourth-order valence-electron chi connectivity index (χ4n) is 3.35. The number of aryl methyl sites for hydroxylation is 1. The van der Waals surface area contributed by atoms with Crippen LogP contribution in [-0.4, -0.2) is 25.8 Å². The number of carbonyl (C=O) groups is 1. The van der Waals surface area contributed by atoms with Crippen molar-refractivity contribution in [3.63, 3.8) is 0 Å². The molecule has 7 nitrogen and oxygen atoms in total. The average molecular weight is 491 g/mol. The van der Waals surface area contributed by atoms with Crippen LogP contribution in [0.15, 0.2) is 59.4 Å². The molecule has 0 aliphatic heterocycles. The molecule has 0 saturated heterocycles. The van der Waals surface area contributed by atoms with Crippen molar-refractivity contribution in [1.82, 2.24) is 19.9 Å². The molecule has 4 rings (SSSR count). The van der Waals surface area contributed by atoms with Gasteiger partial charge in [0, 0.05) is 30.9 Å². The molecule has 1 aromatic carbocycles. The zero-order chi connectivity index (χ0) is 25.4. The molecule has 3 heterocycles. The number of nitrogens with one attached hydrogen (secondary N) is 1. The molecule has 1 amide bonds. The second-order valence-electron chi connectivity index (χ2n) is 7.83. The first-order valence-corrected chi connectivity index (χ1v) is 10.2. The van der Waals surface area contributed by atoms with Gasteiger partial charge in [-0.05, 0) is 30.7 Å². The average Bonchev–Trinajstić information content (AvgIpc) is 3.40. The molecule has 0 spiro atoms. The Labute approximate surface area is 195 Å². The summed E-state index contributed by atoms with van der Waals surface area (Å²) in [5.74, 6) is -3.76. The maximum absolute atomic E-state index is 13.6. The van der Waals surface area contributed by atoms with Gasteiger partial charge in [-0.1, -0.05) is 23.4 Å². The minimum Gasteiger partial charge on any atom is -0.354 e. The minimum atomic E-state index is -4.84. The molecule has 35 heavy (non-hydrogen) atoms. The van der Waals surface area contributed by atoms with Crippen LogP contribution in [0.2, 0.25) is 0 Å². The zero-order valence-corrected chi connectivity index (χ0v) is 18.4. The number of rotatable bonds is 6. The zero-order valence-electron chi connectivity index (χ0n) is 18.4. The van der Waals surface area contributed by atoms with Gasteiger partial charge in [-0.15, -0.1) is 0 Å². The van der Waals surface area contributed by atoms with E-state index in [-0.39, 0.29) is 29.2 Å². The number of hydrogen-bond acceptors (Lipinski definition) is 5. The summed E-state index contributed by atoms with van der Waals surface area (Å²) in [5.41, 5.74) is -1.15. The number of anilines is 1. The fraction of sp³-hybridized carbons (Fsp3) is 0.217. The van der Waals surface area contributed by atoms with E-state index in [0.717, 1.165) is 12.1 Å². The van der Waals surface area contributed by atoms with E-state index in [4.69, 9.17) is 4.52 Å². The molecular weight excluding hydrogens is 473 g/mol. The van der Waals surface area contributed by atoms with E-state index in [0.29, 0.717) is 24.4 Å². The quantitative estimate of drug-likeness (QED) is 0.351. The first-order valence-electron chi connectivity index (χ1n) is 10.2. The van der Waals surface area contributed by atoms with Crippen molar-refractivity contribution in [2.45, 2.75) is 32.5 Å². The van der Waals surface area contributed by atoms with Crippen molar-refractivity contribution in [3.05, 3.63) is 82.9 Å². The Kier molecular flexibility index (Phi) is 6.14. The lowest BCUT2D eigenvalue weighted by molar-refractivity contribution is -0.138. The van der Waals surface area contributed by atoms with Gasteiger partial charge in [0.2, 0.25) is 0 Å². The van der Waals surface area contributed by atoms with Crippen molar-refractivity contribution in [2.24, 2.45) is 0 Å². The smallest absolute Gasteiger partial charge is 0.354 e. The maximum atomic E-state index is 13.6. The number of pyridine rings is 1. The highest BCUT2D eigenvalue weighted by atomic mass is 19.4. The molecule has 0 atom stereocenters. The summed E-state index contributed by atoms with van der Waals surface area (Å²) in [6.45, 7) is 1.73. The topological polar surface area (TPSA) is 85.8 Å². The molecule has 0 unspecified atom stereocenters. The van der Waals surface area contributed by atoms with Crippen molar-refractivity contribution in [1.29, 1.82) is 0 Å². The van der Waals surface area contributed by atoms with Crippen LogP contribution in [0.4, 0.5) is 27.6 Å². The van der Waals surface area contributed by atoms with E-state index in [1.807, 2.05) is 0 Å². The Morgan fingerprint density at radius 2 is 1.89 bits per heavy atom. The SMILES string of the molecule is Cc1nn(Cc2ccc(C(C)(F)F)cc2C(F)(F)F)cc1NC(=O)c1cc(-c2ccccn2)on1. The minimum absolute atomic E-state index is 0.0340. The largest absolute Gasteiger partial charge is 0.416 e. The van der Waals surface area contributed by atoms with Crippen molar-refractivity contribution >= 4 is 11.6 Å². The summed E-state index contributed by atoms with van der Waals surface area (Å²) in [6.07, 6.45) is -1.94. The molecule has 1 N–H and O–H groups in total. The highest BCUT2D eigenvalue weighted by molar-refractivity contribution is 6.03. The van der Waals surface area contributed by atoms with Crippen LogP contribution < -0.4 is 5.32 Å². The highest BCUT2D eigenvalue weighted by Gasteiger charge is 2.36. The van der Waals surface area contributed by atoms with Crippen molar-refractivity contribution in [2.75, 3.05) is 5.32 Å². The van der Waals surface area contributed by atoms with Gasteiger partial charge in [0.1, 0.15) is 5.69 Å². The van der Waals surface area contributed by atoms with Crippen LogP contribution in [0, 0.1) is 6.92 Å². The molecule has 3 aromatic heterocycles. The Bertz CT molecular complexity index is 1360. The first-order chi connectivity index (χ1) is 16.4. The molecule has 0 radical (unpaired) electrons. The van der Waals surface area contributed by atoms with Crippen LogP contribution in [0.25, 0.3) is 11.5 Å². The number of carbonyl (C=O) groups excluding carboxylic acids is 1. The molecule has 12 heteroatoms. The highest BCUT2D eigenvalue weighted by Crippen LogP contribution is 2.37. The van der Waals surface area contributed by atoms with Gasteiger partial charge in [-0.25, -0.2) is 8.78 Å². The third-order valence-electron chi connectivity index (χ3n) is 5.11. The fourth-order valence-corrected chi connectivity index (χ4v) is 3.35. The van der Waals surface area contributed by atoms with Crippen LogP contribution in [0.1, 0.15) is 39.8 Å². The third kappa shape index (κ3) is 5.36. The van der Waals surface area contributed by atoms with E-state index in [9.17, 15) is 26.7 Å². The summed E-state index contributed by atoms with van der Waals surface area (Å²) < 4.78 is 74.1. The lowest BCUT2D eigenvalue weighted by atomic mass is 10.0. The predicted molar refractivity (Wildman–Crippen MR) is 115 cm³/mol. The first kappa shape index (κ1) is 24.0. The lowest BCUT2D eigenvalue weighted by Crippen LogP contribution is -2.16. The van der Waals surface area contributed by atoms with Crippen molar-refractivity contribution < 1.29 is 31.3 Å². The van der Waals surface area contributed by atoms with Gasteiger partial charge in [0.15, 0.2) is 11.5 Å². The van der Waals surface area contributed by atoms with E-state index in [2.05, 4.69) is 20.6 Å². The van der Waals surface area contributed by atoms with Crippen LogP contribution in [0.3, 0.4) is 0 Å². The standard InChI is InChI=1S/C23H18F5N5O2/c1-13-19(30-21(34)18-10-20(35-32-18)17-5-3-4-8-29-17)12-33(31-13)11-14-6-7-15(22(2,24)25)9-16(14)23(26,27)28/h3-10,12H,11H2,1-2H3,(H,30,34). The second-order valence-corrected chi connectivity index (χ2v) is 7.83. The molecule has 0 aliphatic rings. The molecule has 4 aromatic rings. The molecule has 0 bridgehead atoms. The van der Waals surface area contributed by atoms with E-state index in [1.165, 1.54) is 16.9 Å². The molecule has 0 fully saturated rings. The predicted octanol–water partition coefficient (Wildman–Crippen LogP) is 5.67. The van der Waals surface area contributed by atoms with Gasteiger partial charge < -0.3 is 9.84 Å². The normalized spacial score (nSPS) is 12.1. The van der Waals surface area contributed by atoms with Gasteiger partial charge >= 0.3 is 6.18 Å². The Balaban J connectivity index is 1.54. The summed E-state index contributed by atoms with van der Waals surface area (Å²) in [5, 5.41) is 10.4. The summed E-state index contributed by atoms with van der Waals surface area (Å²) in [6, 6.07) is 8.94. The third-order valence-corrected chi connectivity index (χ3v) is 5.11. The molecule has 182 valence electrons. The summed E-state index contributed by atoms with van der Waals surface area (Å²) in [7, 11) is 0. The van der Waals surface area contributed by atoms with E-state index in [1.54, 1.807) is 31.3 Å². The number of alkyl halides is 5. The number of halogens is 5. The van der Waals surface area contributed by atoms with Gasteiger partial charge in [-0.3, -0.25) is 14.5 Å². The van der Waals surface area contributed by atoms with Crippen LogP contribution >= 0.6 is 0 Å². The number of amides is 1. The van der Waals surface area contributed by atoms with E-state index >= 15 is 0 Å². The summed E-state index contributed by atoms with van der Waals surface area (Å²) in [4.78, 5) is 16.7. The number of aromatic nitrogens is 4. The molecule has 0 saturated carbocycles. The number of nitrogens with zero attached hydrogens (tertiary/aromatic N) is 4. The second kappa shape index (κ2) is 8.93. The Morgan fingerprint density at radius 1 is 1.11 bits per heavy atom. The van der Waals surface area contributed by atoms with Gasteiger partial charge in [-0.2, -0.15) is 18.3 Å². The number of benzene rings is 1.